The van der Waals surface area contributed by atoms with Gasteiger partial charge in [-0.1, -0.05) is 30.0 Å². The molecule has 0 radical (unpaired) electrons. The number of aryl methyl sites for hydroxylation is 2. The van der Waals surface area contributed by atoms with Gasteiger partial charge in [0.25, 0.3) is 5.78 Å². The van der Waals surface area contributed by atoms with Crippen LogP contribution in [-0.2, 0) is 4.79 Å². The van der Waals surface area contributed by atoms with Gasteiger partial charge in [-0.3, -0.25) is 9.20 Å². The Morgan fingerprint density at radius 2 is 1.70 bits per heavy atom. The maximum Gasteiger partial charge on any atom is 0.256 e. The van der Waals surface area contributed by atoms with Crippen LogP contribution in [0.1, 0.15) is 11.4 Å². The van der Waals surface area contributed by atoms with Gasteiger partial charge in [0.15, 0.2) is 5.16 Å². The Hall–Kier alpha value is -3.59. The minimum absolute atomic E-state index is 0.131. The second-order valence-electron chi connectivity index (χ2n) is 6.58. The highest BCUT2D eigenvalue weighted by Gasteiger charge is 2.12. The van der Waals surface area contributed by atoms with E-state index in [1.54, 1.807) is 24.3 Å². The quantitative estimate of drug-likeness (QED) is 0.356. The zero-order chi connectivity index (χ0) is 20.9. The molecule has 30 heavy (non-hydrogen) atoms. The number of rotatable bonds is 6. The number of anilines is 1. The van der Waals surface area contributed by atoms with Crippen LogP contribution >= 0.6 is 11.8 Å². The van der Waals surface area contributed by atoms with Crippen LogP contribution in [-0.4, -0.2) is 31.2 Å². The number of carbonyl (C=O) groups is 1. The molecule has 4 rings (SSSR count). The maximum absolute atomic E-state index is 12.3. The summed E-state index contributed by atoms with van der Waals surface area (Å²) in [5.74, 6) is 0.618. The van der Waals surface area contributed by atoms with Gasteiger partial charge in [-0.05, 0) is 56.3 Å². The first-order valence-corrected chi connectivity index (χ1v) is 10.3. The van der Waals surface area contributed by atoms with Crippen molar-refractivity contribution in [3.05, 3.63) is 72.1 Å². The number of nitrogens with one attached hydrogen (secondary N) is 1. The lowest BCUT2D eigenvalue weighted by Crippen LogP contribution is -2.14. The molecule has 0 saturated heterocycles. The van der Waals surface area contributed by atoms with Crippen molar-refractivity contribution < 1.29 is 4.79 Å². The Bertz CT molecular complexity index is 1200. The van der Waals surface area contributed by atoms with Gasteiger partial charge in [0.2, 0.25) is 5.91 Å². The van der Waals surface area contributed by atoms with Gasteiger partial charge in [0.1, 0.15) is 0 Å². The summed E-state index contributed by atoms with van der Waals surface area (Å²) in [4.78, 5) is 16.7. The topological polar surface area (TPSA) is 96.9 Å². The van der Waals surface area contributed by atoms with Crippen molar-refractivity contribution in [2.75, 3.05) is 11.1 Å². The van der Waals surface area contributed by atoms with E-state index in [1.807, 2.05) is 54.6 Å². The second-order valence-corrected chi connectivity index (χ2v) is 7.52. The van der Waals surface area contributed by atoms with E-state index in [0.29, 0.717) is 22.3 Å². The Kier molecular flexibility index (Phi) is 5.80. The number of azo groups is 1. The van der Waals surface area contributed by atoms with Gasteiger partial charge in [0.05, 0.1) is 17.1 Å². The van der Waals surface area contributed by atoms with Crippen molar-refractivity contribution in [1.82, 2.24) is 19.6 Å². The molecule has 1 amide bonds. The van der Waals surface area contributed by atoms with Crippen molar-refractivity contribution in [3.8, 4) is 0 Å². The van der Waals surface area contributed by atoms with Crippen molar-refractivity contribution in [1.29, 1.82) is 0 Å². The number of hydrogen-bond acceptors (Lipinski definition) is 7. The van der Waals surface area contributed by atoms with Crippen LogP contribution in [0.25, 0.3) is 5.78 Å². The molecule has 0 aliphatic heterocycles. The average molecular weight is 417 g/mol. The molecule has 2 aromatic heterocycles. The van der Waals surface area contributed by atoms with Gasteiger partial charge >= 0.3 is 0 Å². The number of carbonyl (C=O) groups excluding carboxylic acids is 1. The monoisotopic (exact) mass is 417 g/mol. The lowest BCUT2D eigenvalue weighted by Gasteiger charge is -2.06. The standard InChI is InChI=1S/C21H19N7OS/c1-14-12-15(2)28-20(22-14)26-27-21(28)30-13-19(29)23-16-8-10-18(11-9-16)25-24-17-6-4-3-5-7-17/h3-12H,13H2,1-2H3,(H,23,29). The smallest absolute Gasteiger partial charge is 0.256 e. The fourth-order valence-corrected chi connectivity index (χ4v) is 3.63. The largest absolute Gasteiger partial charge is 0.325 e. The number of aromatic nitrogens is 4. The molecule has 4 aromatic rings. The fourth-order valence-electron chi connectivity index (χ4n) is 2.84. The van der Waals surface area contributed by atoms with Crippen LogP contribution in [0.3, 0.4) is 0 Å². The molecule has 0 aliphatic carbocycles. The molecule has 8 nitrogen and oxygen atoms in total. The Balaban J connectivity index is 1.35. The molecule has 0 bridgehead atoms. The second kappa shape index (κ2) is 8.83. The number of thioether (sulfide) groups is 1. The Morgan fingerprint density at radius 3 is 2.43 bits per heavy atom. The Morgan fingerprint density at radius 1 is 1.00 bits per heavy atom. The lowest BCUT2D eigenvalue weighted by atomic mass is 10.3. The molecule has 0 aliphatic rings. The average Bonchev–Trinajstić information content (AvgIpc) is 3.15. The van der Waals surface area contributed by atoms with Crippen LogP contribution < -0.4 is 5.32 Å². The number of benzene rings is 2. The Labute approximate surface area is 177 Å². The van der Waals surface area contributed by atoms with Gasteiger partial charge in [-0.25, -0.2) is 4.98 Å². The van der Waals surface area contributed by atoms with E-state index < -0.39 is 0 Å². The summed E-state index contributed by atoms with van der Waals surface area (Å²) < 4.78 is 1.84. The fraction of sp³-hybridized carbons (Fsp3) is 0.143. The van der Waals surface area contributed by atoms with Crippen LogP contribution in [0.5, 0.6) is 0 Å². The van der Waals surface area contributed by atoms with Crippen molar-refractivity contribution in [2.45, 2.75) is 19.0 Å². The van der Waals surface area contributed by atoms with Crippen LogP contribution in [0, 0.1) is 13.8 Å². The van der Waals surface area contributed by atoms with E-state index in [2.05, 4.69) is 30.7 Å². The zero-order valence-electron chi connectivity index (χ0n) is 16.5. The van der Waals surface area contributed by atoms with Gasteiger partial charge < -0.3 is 5.32 Å². The molecule has 0 atom stereocenters. The van der Waals surface area contributed by atoms with Crippen LogP contribution in [0.15, 0.2) is 76.0 Å². The van der Waals surface area contributed by atoms with Crippen LogP contribution in [0.4, 0.5) is 17.1 Å². The molecule has 2 aromatic carbocycles. The third-order valence-electron chi connectivity index (χ3n) is 4.18. The van der Waals surface area contributed by atoms with Crippen molar-refractivity contribution in [2.24, 2.45) is 10.2 Å². The molecule has 2 heterocycles. The third-order valence-corrected chi connectivity index (χ3v) is 5.11. The van der Waals surface area contributed by atoms with Gasteiger partial charge in [-0.15, -0.1) is 10.2 Å². The lowest BCUT2D eigenvalue weighted by molar-refractivity contribution is -0.113. The summed E-state index contributed by atoms with van der Waals surface area (Å²) in [7, 11) is 0. The summed E-state index contributed by atoms with van der Waals surface area (Å²) in [5.41, 5.74) is 4.05. The predicted octanol–water partition coefficient (Wildman–Crippen LogP) is 4.89. The molecule has 150 valence electrons. The van der Waals surface area contributed by atoms with E-state index in [9.17, 15) is 4.79 Å². The van der Waals surface area contributed by atoms with Crippen molar-refractivity contribution >= 4 is 40.5 Å². The minimum Gasteiger partial charge on any atom is -0.325 e. The third kappa shape index (κ3) is 4.69. The normalized spacial score (nSPS) is 11.3. The van der Waals surface area contributed by atoms with Crippen molar-refractivity contribution in [3.63, 3.8) is 0 Å². The number of fused-ring (bicyclic) bond motifs is 1. The summed E-state index contributed by atoms with van der Waals surface area (Å²) in [6.07, 6.45) is 0. The van der Waals surface area contributed by atoms with E-state index in [4.69, 9.17) is 0 Å². The summed E-state index contributed by atoms with van der Waals surface area (Å²) in [6, 6.07) is 18.7. The SMILES string of the molecule is Cc1cc(C)n2c(SCC(=O)Nc3ccc(N=Nc4ccccc4)cc3)nnc2n1. The van der Waals surface area contributed by atoms with E-state index in [-0.39, 0.29) is 11.7 Å². The first-order valence-electron chi connectivity index (χ1n) is 9.27. The first kappa shape index (κ1) is 19.7. The number of nitrogens with zero attached hydrogens (tertiary/aromatic N) is 6. The summed E-state index contributed by atoms with van der Waals surface area (Å²) >= 11 is 1.32. The molecular formula is C21H19N7OS. The van der Waals surface area contributed by atoms with Gasteiger partial charge in [0, 0.05) is 17.1 Å². The number of hydrogen-bond donors (Lipinski definition) is 1. The predicted molar refractivity (Wildman–Crippen MR) is 117 cm³/mol. The molecule has 1 N–H and O–H groups in total. The van der Waals surface area contributed by atoms with Crippen LogP contribution in [0.2, 0.25) is 0 Å². The summed E-state index contributed by atoms with van der Waals surface area (Å²) in [6.45, 7) is 3.88. The zero-order valence-corrected chi connectivity index (χ0v) is 17.3. The number of amides is 1. The molecule has 0 spiro atoms. The molecule has 0 fully saturated rings. The summed E-state index contributed by atoms with van der Waals surface area (Å²) in [5, 5.41) is 20.1. The highest BCUT2D eigenvalue weighted by molar-refractivity contribution is 7.99. The molecule has 9 heteroatoms. The minimum atomic E-state index is -0.131. The highest BCUT2D eigenvalue weighted by Crippen LogP contribution is 2.21. The van der Waals surface area contributed by atoms with E-state index in [1.165, 1.54) is 11.8 Å². The molecule has 0 unspecified atom stereocenters. The molecule has 0 saturated carbocycles. The van der Waals surface area contributed by atoms with Gasteiger partial charge in [-0.2, -0.15) is 10.2 Å². The maximum atomic E-state index is 12.3. The molecular weight excluding hydrogens is 398 g/mol. The van der Waals surface area contributed by atoms with E-state index >= 15 is 0 Å². The van der Waals surface area contributed by atoms with E-state index in [0.717, 1.165) is 17.1 Å². The first-order chi connectivity index (χ1) is 14.6. The highest BCUT2D eigenvalue weighted by atomic mass is 32.2.